The molecule has 0 radical (unpaired) electrons. The van der Waals surface area contributed by atoms with Crippen LogP contribution in [0.1, 0.15) is 31.2 Å². The van der Waals surface area contributed by atoms with Crippen LogP contribution in [0.5, 0.6) is 5.75 Å². The van der Waals surface area contributed by atoms with E-state index in [-0.39, 0.29) is 11.9 Å². The second kappa shape index (κ2) is 9.84. The number of benzene rings is 2. The number of nitrogens with zero attached hydrogens (tertiary/aromatic N) is 1. The van der Waals surface area contributed by atoms with Gasteiger partial charge in [-0.05, 0) is 81.1 Å². The van der Waals surface area contributed by atoms with Gasteiger partial charge in [0.05, 0.1) is 12.5 Å². The van der Waals surface area contributed by atoms with E-state index in [1.54, 1.807) is 7.11 Å². The molecule has 0 bridgehead atoms. The van der Waals surface area contributed by atoms with Gasteiger partial charge in [-0.1, -0.05) is 36.4 Å². The van der Waals surface area contributed by atoms with Crippen molar-refractivity contribution in [2.45, 2.75) is 38.1 Å². The molecule has 1 amide bonds. The smallest absolute Gasteiger partial charge is 0.226 e. The van der Waals surface area contributed by atoms with E-state index in [1.165, 1.54) is 5.56 Å². The molecule has 0 spiro atoms. The van der Waals surface area contributed by atoms with Crippen molar-refractivity contribution >= 4 is 5.91 Å². The topological polar surface area (TPSA) is 50.8 Å². The van der Waals surface area contributed by atoms with E-state index in [0.717, 1.165) is 62.1 Å². The fraction of sp³-hybridized carbons (Fsp3) is 0.500. The van der Waals surface area contributed by atoms with Gasteiger partial charge in [-0.25, -0.2) is 0 Å². The zero-order valence-corrected chi connectivity index (χ0v) is 18.7. The van der Waals surface area contributed by atoms with Crippen molar-refractivity contribution < 1.29 is 14.3 Å². The number of methoxy groups -OCH3 is 1. The number of piperidine rings is 1. The molecule has 0 aromatic heterocycles. The number of hydrogen-bond donors (Lipinski definition) is 1. The van der Waals surface area contributed by atoms with Gasteiger partial charge in [0.2, 0.25) is 5.91 Å². The van der Waals surface area contributed by atoms with Gasteiger partial charge in [-0.2, -0.15) is 0 Å². The van der Waals surface area contributed by atoms with Gasteiger partial charge in [0.15, 0.2) is 0 Å². The molecule has 2 fully saturated rings. The Bertz CT molecular complexity index is 884. The molecule has 166 valence electrons. The minimum absolute atomic E-state index is 0.206. The lowest BCUT2D eigenvalue weighted by Crippen LogP contribution is -2.51. The molecule has 2 aliphatic heterocycles. The Hall–Kier alpha value is -2.37. The Morgan fingerprint density at radius 1 is 1.10 bits per heavy atom. The van der Waals surface area contributed by atoms with E-state index in [4.69, 9.17) is 9.47 Å². The number of ether oxygens (including phenoxy) is 2. The van der Waals surface area contributed by atoms with Crippen LogP contribution >= 0.6 is 0 Å². The van der Waals surface area contributed by atoms with E-state index in [2.05, 4.69) is 53.7 Å². The predicted octanol–water partition coefficient (Wildman–Crippen LogP) is 3.91. The Balaban J connectivity index is 1.53. The molecule has 2 saturated heterocycles. The summed E-state index contributed by atoms with van der Waals surface area (Å²) in [6, 6.07) is 17.0. The summed E-state index contributed by atoms with van der Waals surface area (Å²) in [5, 5.41) is 3.39. The quantitative estimate of drug-likeness (QED) is 0.767. The van der Waals surface area contributed by atoms with Crippen LogP contribution in [-0.2, 0) is 16.0 Å². The van der Waals surface area contributed by atoms with Crippen LogP contribution in [0.15, 0.2) is 48.5 Å². The van der Waals surface area contributed by atoms with Gasteiger partial charge in [0, 0.05) is 19.3 Å². The van der Waals surface area contributed by atoms with Crippen LogP contribution in [0, 0.1) is 5.41 Å². The molecular weight excluding hydrogens is 388 g/mol. The van der Waals surface area contributed by atoms with Gasteiger partial charge < -0.3 is 19.7 Å². The molecule has 31 heavy (non-hydrogen) atoms. The summed E-state index contributed by atoms with van der Waals surface area (Å²) in [4.78, 5) is 15.8. The zero-order chi connectivity index (χ0) is 21.7. The van der Waals surface area contributed by atoms with E-state index < -0.39 is 5.41 Å². The number of nitrogens with one attached hydrogen (secondary N) is 1. The molecule has 0 unspecified atom stereocenters. The summed E-state index contributed by atoms with van der Waals surface area (Å²) in [6.07, 6.45) is 4.34. The van der Waals surface area contributed by atoms with E-state index >= 15 is 0 Å². The molecule has 5 nitrogen and oxygen atoms in total. The Kier molecular flexibility index (Phi) is 6.93. The minimum atomic E-state index is -0.394. The van der Waals surface area contributed by atoms with Crippen molar-refractivity contribution in [2.24, 2.45) is 5.41 Å². The van der Waals surface area contributed by atoms with Gasteiger partial charge in [0.1, 0.15) is 5.75 Å². The first-order valence-corrected chi connectivity index (χ1v) is 11.4. The molecule has 5 heteroatoms. The maximum Gasteiger partial charge on any atom is 0.226 e. The number of carbonyl (C=O) groups excluding carboxylic acids is 1. The monoisotopic (exact) mass is 422 g/mol. The summed E-state index contributed by atoms with van der Waals surface area (Å²) >= 11 is 0. The van der Waals surface area contributed by atoms with Crippen molar-refractivity contribution in [3.63, 3.8) is 0 Å². The highest BCUT2D eigenvalue weighted by atomic mass is 16.5. The predicted molar refractivity (Wildman–Crippen MR) is 123 cm³/mol. The molecule has 0 aliphatic carbocycles. The molecule has 2 aromatic carbocycles. The van der Waals surface area contributed by atoms with Gasteiger partial charge in [0.25, 0.3) is 0 Å². The largest absolute Gasteiger partial charge is 0.497 e. The van der Waals surface area contributed by atoms with Crippen molar-refractivity contribution in [1.82, 2.24) is 10.2 Å². The zero-order valence-electron chi connectivity index (χ0n) is 18.7. The van der Waals surface area contributed by atoms with Crippen LogP contribution in [0.3, 0.4) is 0 Å². The van der Waals surface area contributed by atoms with Crippen molar-refractivity contribution in [3.8, 4) is 16.9 Å². The molecule has 0 atom stereocenters. The van der Waals surface area contributed by atoms with Crippen molar-refractivity contribution in [1.29, 1.82) is 0 Å². The third-order valence-corrected chi connectivity index (χ3v) is 6.86. The third kappa shape index (κ3) is 5.28. The lowest BCUT2D eigenvalue weighted by molar-refractivity contribution is -0.137. The molecular formula is C26H34N2O3. The summed E-state index contributed by atoms with van der Waals surface area (Å²) in [6.45, 7) is 3.39. The fourth-order valence-corrected chi connectivity index (χ4v) is 4.79. The molecule has 1 N–H and O–H groups in total. The van der Waals surface area contributed by atoms with E-state index in [1.807, 2.05) is 12.1 Å². The van der Waals surface area contributed by atoms with Gasteiger partial charge in [-0.15, -0.1) is 0 Å². The van der Waals surface area contributed by atoms with Gasteiger partial charge >= 0.3 is 0 Å². The third-order valence-electron chi connectivity index (χ3n) is 6.86. The summed E-state index contributed by atoms with van der Waals surface area (Å²) in [5.41, 5.74) is 3.07. The summed E-state index contributed by atoms with van der Waals surface area (Å²) in [7, 11) is 3.83. The Morgan fingerprint density at radius 3 is 2.48 bits per heavy atom. The maximum absolute atomic E-state index is 13.5. The minimum Gasteiger partial charge on any atom is -0.497 e. The first-order valence-electron chi connectivity index (χ1n) is 11.4. The van der Waals surface area contributed by atoms with Crippen LogP contribution < -0.4 is 10.1 Å². The summed E-state index contributed by atoms with van der Waals surface area (Å²) in [5.74, 6) is 1.05. The first-order chi connectivity index (χ1) is 15.1. The van der Waals surface area contributed by atoms with Crippen LogP contribution in [-0.4, -0.2) is 57.3 Å². The van der Waals surface area contributed by atoms with E-state index in [0.29, 0.717) is 13.2 Å². The molecule has 0 saturated carbocycles. The first kappa shape index (κ1) is 21.8. The molecule has 2 heterocycles. The standard InChI is InChI=1S/C26H34N2O3/c1-28-13-9-23(10-14-28)27-25(29)26(11-15-31-16-12-26)19-20-5-3-6-21(17-20)22-7-4-8-24(18-22)30-2/h3-8,17-18,23H,9-16,19H2,1-2H3,(H,27,29). The maximum atomic E-state index is 13.5. The average molecular weight is 423 g/mol. The lowest BCUT2D eigenvalue weighted by Gasteiger charge is -2.38. The second-order valence-corrected chi connectivity index (χ2v) is 9.05. The SMILES string of the molecule is COc1cccc(-c2cccc(CC3(C(=O)NC4CCN(C)CC4)CCOCC3)c2)c1. The van der Waals surface area contributed by atoms with Crippen molar-refractivity contribution in [3.05, 3.63) is 54.1 Å². The van der Waals surface area contributed by atoms with Crippen molar-refractivity contribution in [2.75, 3.05) is 40.5 Å². The molecule has 4 rings (SSSR count). The van der Waals surface area contributed by atoms with Crippen LogP contribution in [0.25, 0.3) is 11.1 Å². The fourth-order valence-electron chi connectivity index (χ4n) is 4.79. The van der Waals surface area contributed by atoms with E-state index in [9.17, 15) is 4.79 Å². The lowest BCUT2D eigenvalue weighted by atomic mass is 9.74. The highest BCUT2D eigenvalue weighted by Crippen LogP contribution is 2.36. The van der Waals surface area contributed by atoms with Crippen LogP contribution in [0.4, 0.5) is 0 Å². The molecule has 2 aromatic rings. The Morgan fingerprint density at radius 2 is 1.77 bits per heavy atom. The number of likely N-dealkylation sites (tertiary alicyclic amines) is 1. The normalized spacial score (nSPS) is 19.7. The number of amides is 1. The average Bonchev–Trinajstić information content (AvgIpc) is 2.81. The van der Waals surface area contributed by atoms with Gasteiger partial charge in [-0.3, -0.25) is 4.79 Å². The Labute approximate surface area is 185 Å². The second-order valence-electron chi connectivity index (χ2n) is 9.05. The highest BCUT2D eigenvalue weighted by molar-refractivity contribution is 5.83. The highest BCUT2D eigenvalue weighted by Gasteiger charge is 2.41. The summed E-state index contributed by atoms with van der Waals surface area (Å²) < 4.78 is 11.0. The number of carbonyl (C=O) groups is 1. The molecule has 2 aliphatic rings. The number of hydrogen-bond acceptors (Lipinski definition) is 4. The van der Waals surface area contributed by atoms with Crippen LogP contribution in [0.2, 0.25) is 0 Å². The number of rotatable bonds is 6.